The maximum atomic E-state index is 11.3. The SMILES string of the molecule is CN(C)C(=O)CCCC(O)c1ccc(Cl)s1. The van der Waals surface area contributed by atoms with E-state index in [1.165, 1.54) is 11.3 Å². The molecule has 0 saturated carbocycles. The Hall–Kier alpha value is -0.580. The van der Waals surface area contributed by atoms with Crippen LogP contribution in [0.5, 0.6) is 0 Å². The molecule has 5 heteroatoms. The van der Waals surface area contributed by atoms with E-state index in [1.807, 2.05) is 6.07 Å². The van der Waals surface area contributed by atoms with E-state index < -0.39 is 6.10 Å². The predicted octanol–water partition coefficient (Wildman–Crippen LogP) is 2.69. The van der Waals surface area contributed by atoms with E-state index >= 15 is 0 Å². The Labute approximate surface area is 105 Å². The van der Waals surface area contributed by atoms with Gasteiger partial charge in [-0.05, 0) is 25.0 Å². The molecule has 1 heterocycles. The van der Waals surface area contributed by atoms with Gasteiger partial charge in [0.2, 0.25) is 5.91 Å². The summed E-state index contributed by atoms with van der Waals surface area (Å²) >= 11 is 7.16. The second-order valence-corrected chi connectivity index (χ2v) is 5.58. The van der Waals surface area contributed by atoms with E-state index in [4.69, 9.17) is 11.6 Å². The van der Waals surface area contributed by atoms with Crippen LogP contribution in [0.2, 0.25) is 4.34 Å². The lowest BCUT2D eigenvalue weighted by Gasteiger charge is -2.11. The maximum absolute atomic E-state index is 11.3. The van der Waals surface area contributed by atoms with Gasteiger partial charge in [0.15, 0.2) is 0 Å². The number of halogens is 1. The highest BCUT2D eigenvalue weighted by Crippen LogP contribution is 2.29. The molecule has 1 rings (SSSR count). The minimum atomic E-state index is -0.507. The number of nitrogens with zero attached hydrogens (tertiary/aromatic N) is 1. The van der Waals surface area contributed by atoms with Crippen LogP contribution >= 0.6 is 22.9 Å². The molecule has 90 valence electrons. The van der Waals surface area contributed by atoms with Crippen LogP contribution in [-0.4, -0.2) is 30.0 Å². The number of thiophene rings is 1. The minimum Gasteiger partial charge on any atom is -0.388 e. The van der Waals surface area contributed by atoms with Crippen molar-refractivity contribution in [3.05, 3.63) is 21.3 Å². The second-order valence-electron chi connectivity index (χ2n) is 3.84. The number of hydrogen-bond acceptors (Lipinski definition) is 3. The van der Waals surface area contributed by atoms with Gasteiger partial charge in [0, 0.05) is 25.4 Å². The molecule has 1 aromatic rings. The van der Waals surface area contributed by atoms with Gasteiger partial charge < -0.3 is 10.0 Å². The standard InChI is InChI=1S/C11H16ClNO2S/c1-13(2)11(15)5-3-4-8(14)9-6-7-10(12)16-9/h6-8,14H,3-5H2,1-2H3. The van der Waals surface area contributed by atoms with E-state index in [0.29, 0.717) is 23.6 Å². The molecular weight excluding hydrogens is 246 g/mol. The average molecular weight is 262 g/mol. The molecular formula is C11H16ClNO2S. The molecule has 0 radical (unpaired) electrons. The topological polar surface area (TPSA) is 40.5 Å². The van der Waals surface area contributed by atoms with Crippen molar-refractivity contribution in [1.29, 1.82) is 0 Å². The molecule has 1 unspecified atom stereocenters. The van der Waals surface area contributed by atoms with Gasteiger partial charge in [0.05, 0.1) is 10.4 Å². The highest BCUT2D eigenvalue weighted by Gasteiger charge is 2.11. The van der Waals surface area contributed by atoms with Crippen LogP contribution in [0.25, 0.3) is 0 Å². The van der Waals surface area contributed by atoms with Crippen molar-refractivity contribution < 1.29 is 9.90 Å². The van der Waals surface area contributed by atoms with Gasteiger partial charge in [0.25, 0.3) is 0 Å². The Balaban J connectivity index is 2.31. The first kappa shape index (κ1) is 13.5. The number of carbonyl (C=O) groups excluding carboxylic acids is 1. The van der Waals surface area contributed by atoms with Crippen molar-refractivity contribution in [3.63, 3.8) is 0 Å². The Morgan fingerprint density at radius 2 is 2.25 bits per heavy atom. The highest BCUT2D eigenvalue weighted by atomic mass is 35.5. The van der Waals surface area contributed by atoms with E-state index in [-0.39, 0.29) is 5.91 Å². The molecule has 3 nitrogen and oxygen atoms in total. The monoisotopic (exact) mass is 261 g/mol. The third-order valence-corrected chi connectivity index (χ3v) is 3.62. The molecule has 0 fully saturated rings. The van der Waals surface area contributed by atoms with Crippen molar-refractivity contribution in [2.45, 2.75) is 25.4 Å². The zero-order valence-electron chi connectivity index (χ0n) is 9.44. The van der Waals surface area contributed by atoms with Crippen LogP contribution in [-0.2, 0) is 4.79 Å². The van der Waals surface area contributed by atoms with Gasteiger partial charge in [-0.3, -0.25) is 4.79 Å². The van der Waals surface area contributed by atoms with Crippen LogP contribution in [0, 0.1) is 0 Å². The number of amides is 1. The number of rotatable bonds is 5. The molecule has 0 aromatic carbocycles. The Morgan fingerprint density at radius 1 is 1.56 bits per heavy atom. The smallest absolute Gasteiger partial charge is 0.222 e. The lowest BCUT2D eigenvalue weighted by molar-refractivity contribution is -0.128. The van der Waals surface area contributed by atoms with Gasteiger partial charge in [-0.1, -0.05) is 11.6 Å². The van der Waals surface area contributed by atoms with E-state index in [1.54, 1.807) is 25.1 Å². The normalized spacial score (nSPS) is 12.5. The lowest BCUT2D eigenvalue weighted by Crippen LogP contribution is -2.21. The molecule has 16 heavy (non-hydrogen) atoms. The molecule has 0 spiro atoms. The summed E-state index contributed by atoms with van der Waals surface area (Å²) in [5, 5.41) is 9.81. The van der Waals surface area contributed by atoms with Crippen molar-refractivity contribution in [1.82, 2.24) is 4.90 Å². The van der Waals surface area contributed by atoms with Crippen LogP contribution in [0.4, 0.5) is 0 Å². The van der Waals surface area contributed by atoms with Crippen molar-refractivity contribution >= 4 is 28.8 Å². The quantitative estimate of drug-likeness (QED) is 0.885. The van der Waals surface area contributed by atoms with Crippen molar-refractivity contribution in [2.24, 2.45) is 0 Å². The van der Waals surface area contributed by atoms with Crippen LogP contribution in [0.3, 0.4) is 0 Å². The van der Waals surface area contributed by atoms with E-state index in [0.717, 1.165) is 4.88 Å². The van der Waals surface area contributed by atoms with Gasteiger partial charge in [-0.2, -0.15) is 0 Å². The van der Waals surface area contributed by atoms with Gasteiger partial charge in [-0.15, -0.1) is 11.3 Å². The Morgan fingerprint density at radius 3 is 2.75 bits per heavy atom. The zero-order chi connectivity index (χ0) is 12.1. The van der Waals surface area contributed by atoms with Crippen molar-refractivity contribution in [3.8, 4) is 0 Å². The summed E-state index contributed by atoms with van der Waals surface area (Å²) < 4.78 is 0.679. The fraction of sp³-hybridized carbons (Fsp3) is 0.545. The molecule has 0 bridgehead atoms. The first-order valence-electron chi connectivity index (χ1n) is 5.14. The van der Waals surface area contributed by atoms with E-state index in [2.05, 4.69) is 0 Å². The fourth-order valence-corrected chi connectivity index (χ4v) is 2.40. The van der Waals surface area contributed by atoms with Crippen LogP contribution in [0.1, 0.15) is 30.2 Å². The molecule has 1 aromatic heterocycles. The Bertz CT molecular complexity index is 352. The summed E-state index contributed by atoms with van der Waals surface area (Å²) in [5.41, 5.74) is 0. The van der Waals surface area contributed by atoms with Crippen molar-refractivity contribution in [2.75, 3.05) is 14.1 Å². The van der Waals surface area contributed by atoms with Gasteiger partial charge in [-0.25, -0.2) is 0 Å². The fourth-order valence-electron chi connectivity index (χ4n) is 1.32. The highest BCUT2D eigenvalue weighted by molar-refractivity contribution is 7.16. The minimum absolute atomic E-state index is 0.0939. The van der Waals surface area contributed by atoms with E-state index in [9.17, 15) is 9.90 Å². The summed E-state index contributed by atoms with van der Waals surface area (Å²) in [6.45, 7) is 0. The second kappa shape index (κ2) is 6.23. The van der Waals surface area contributed by atoms with Gasteiger partial charge in [0.1, 0.15) is 0 Å². The molecule has 1 N–H and O–H groups in total. The summed E-state index contributed by atoms with van der Waals surface area (Å²) in [6, 6.07) is 3.60. The lowest BCUT2D eigenvalue weighted by atomic mass is 10.1. The van der Waals surface area contributed by atoms with Crippen LogP contribution in [0.15, 0.2) is 12.1 Å². The molecule has 0 aliphatic rings. The molecule has 1 atom stereocenters. The molecule has 0 aliphatic carbocycles. The first-order valence-corrected chi connectivity index (χ1v) is 6.33. The van der Waals surface area contributed by atoms with Gasteiger partial charge >= 0.3 is 0 Å². The summed E-state index contributed by atoms with van der Waals surface area (Å²) in [5.74, 6) is 0.0939. The molecule has 1 amide bonds. The van der Waals surface area contributed by atoms with Crippen LogP contribution < -0.4 is 0 Å². The predicted molar refractivity (Wildman–Crippen MR) is 66.8 cm³/mol. The third-order valence-electron chi connectivity index (χ3n) is 2.29. The average Bonchev–Trinajstić information content (AvgIpc) is 2.64. The number of aliphatic hydroxyl groups is 1. The number of carbonyl (C=O) groups is 1. The number of aliphatic hydroxyl groups excluding tert-OH is 1. The molecule has 0 saturated heterocycles. The zero-order valence-corrected chi connectivity index (χ0v) is 11.0. The maximum Gasteiger partial charge on any atom is 0.222 e. The summed E-state index contributed by atoms with van der Waals surface area (Å²) in [6.07, 6.45) is 1.25. The largest absolute Gasteiger partial charge is 0.388 e. The Kier molecular flexibility index (Phi) is 5.25. The summed E-state index contributed by atoms with van der Waals surface area (Å²) in [7, 11) is 3.47. The summed E-state index contributed by atoms with van der Waals surface area (Å²) in [4.78, 5) is 13.7. The third kappa shape index (κ3) is 4.12. The first-order chi connectivity index (χ1) is 7.50. The number of hydrogen-bond donors (Lipinski definition) is 1. The molecule has 0 aliphatic heterocycles.